The lowest BCUT2D eigenvalue weighted by atomic mass is 10.2. The van der Waals surface area contributed by atoms with Crippen LogP contribution in [0.2, 0.25) is 0 Å². The molecular weight excluding hydrogens is 312 g/mol. The van der Waals surface area contributed by atoms with Gasteiger partial charge >= 0.3 is 0 Å². The molecule has 0 N–H and O–H groups in total. The minimum absolute atomic E-state index is 0.0372. The van der Waals surface area contributed by atoms with Gasteiger partial charge in [-0.05, 0) is 13.0 Å². The number of nitrogens with zero attached hydrogens (tertiary/aromatic N) is 4. The van der Waals surface area contributed by atoms with Crippen molar-refractivity contribution in [2.45, 2.75) is 13.0 Å². The van der Waals surface area contributed by atoms with Crippen LogP contribution in [0.5, 0.6) is 5.88 Å². The quantitative estimate of drug-likeness (QED) is 0.608. The van der Waals surface area contributed by atoms with E-state index >= 15 is 0 Å². The molecule has 132 valence electrons. The molecule has 0 spiro atoms. The van der Waals surface area contributed by atoms with Crippen LogP contribution in [-0.2, 0) is 14.2 Å². The molecule has 24 heavy (non-hydrogen) atoms. The number of methoxy groups -OCH3 is 3. The molecule has 0 saturated heterocycles. The molecule has 0 aliphatic heterocycles. The lowest BCUT2D eigenvalue weighted by Gasteiger charge is -2.20. The molecule has 8 nitrogen and oxygen atoms in total. The monoisotopic (exact) mass is 336 g/mol. The third-order valence-electron chi connectivity index (χ3n) is 3.44. The number of ether oxygens (including phenoxy) is 4. The van der Waals surface area contributed by atoms with Gasteiger partial charge in [-0.2, -0.15) is 0 Å². The van der Waals surface area contributed by atoms with Gasteiger partial charge in [0, 0.05) is 27.4 Å². The fourth-order valence-corrected chi connectivity index (χ4v) is 2.41. The Bertz CT molecular complexity index is 626. The molecule has 0 fully saturated rings. The maximum absolute atomic E-state index is 5.57. The molecule has 0 radical (unpaired) electrons. The Morgan fingerprint density at radius 1 is 1.00 bits per heavy atom. The van der Waals surface area contributed by atoms with Gasteiger partial charge in [-0.1, -0.05) is 6.07 Å². The average molecular weight is 336 g/mol. The lowest BCUT2D eigenvalue weighted by Crippen LogP contribution is -2.22. The molecule has 2 aromatic rings. The summed E-state index contributed by atoms with van der Waals surface area (Å²) < 4.78 is 23.1. The number of pyridine rings is 1. The van der Waals surface area contributed by atoms with Crippen LogP contribution in [0, 0.1) is 6.92 Å². The molecule has 2 aromatic heterocycles. The third kappa shape index (κ3) is 4.50. The van der Waals surface area contributed by atoms with Gasteiger partial charge in [0.15, 0.2) is 5.82 Å². The van der Waals surface area contributed by atoms with E-state index in [9.17, 15) is 0 Å². The van der Waals surface area contributed by atoms with Gasteiger partial charge in [0.1, 0.15) is 18.1 Å². The summed E-state index contributed by atoms with van der Waals surface area (Å²) in [5, 5.41) is 8.45. The minimum atomic E-state index is -0.0372. The van der Waals surface area contributed by atoms with Crippen LogP contribution < -0.4 is 4.74 Å². The highest BCUT2D eigenvalue weighted by atomic mass is 16.5. The Morgan fingerprint density at radius 3 is 2.42 bits per heavy atom. The van der Waals surface area contributed by atoms with Crippen LogP contribution in [0.4, 0.5) is 0 Å². The molecule has 0 aliphatic carbocycles. The first-order chi connectivity index (χ1) is 11.7. The zero-order valence-electron chi connectivity index (χ0n) is 14.6. The molecule has 0 amide bonds. The average Bonchev–Trinajstić information content (AvgIpc) is 2.97. The molecule has 0 bridgehead atoms. The van der Waals surface area contributed by atoms with Crippen molar-refractivity contribution in [3.8, 4) is 17.4 Å². The zero-order valence-corrected chi connectivity index (χ0v) is 14.6. The molecule has 0 saturated carbocycles. The van der Waals surface area contributed by atoms with Crippen molar-refractivity contribution in [2.24, 2.45) is 0 Å². The summed E-state index contributed by atoms with van der Waals surface area (Å²) in [5.74, 6) is 1.95. The second-order valence-corrected chi connectivity index (χ2v) is 5.21. The zero-order chi connectivity index (χ0) is 17.4. The van der Waals surface area contributed by atoms with Gasteiger partial charge < -0.3 is 23.5 Å². The highest BCUT2D eigenvalue weighted by molar-refractivity contribution is 5.50. The normalized spacial score (nSPS) is 11.2. The molecule has 0 aliphatic rings. The summed E-state index contributed by atoms with van der Waals surface area (Å²) in [6.07, 6.45) is 0. The Kier molecular flexibility index (Phi) is 7.10. The Labute approximate surface area is 141 Å². The van der Waals surface area contributed by atoms with Crippen LogP contribution in [0.1, 0.15) is 11.9 Å². The maximum atomic E-state index is 5.57. The van der Waals surface area contributed by atoms with Crippen LogP contribution in [0.3, 0.4) is 0 Å². The van der Waals surface area contributed by atoms with Crippen molar-refractivity contribution < 1.29 is 18.9 Å². The lowest BCUT2D eigenvalue weighted by molar-refractivity contribution is 0.0890. The van der Waals surface area contributed by atoms with Gasteiger partial charge in [0.05, 0.1) is 25.9 Å². The SMILES string of the molecule is COCCOc1cccc(-c2nnc(C)n2C(COC)COC)n1. The number of hydrogen-bond acceptors (Lipinski definition) is 7. The van der Waals surface area contributed by atoms with E-state index in [4.69, 9.17) is 18.9 Å². The van der Waals surface area contributed by atoms with Gasteiger partial charge in [0.2, 0.25) is 5.88 Å². The highest BCUT2D eigenvalue weighted by Crippen LogP contribution is 2.23. The van der Waals surface area contributed by atoms with E-state index in [1.807, 2.05) is 23.6 Å². The second-order valence-electron chi connectivity index (χ2n) is 5.21. The molecule has 2 heterocycles. The molecular formula is C16H24N4O4. The fourth-order valence-electron chi connectivity index (χ4n) is 2.41. The van der Waals surface area contributed by atoms with E-state index in [2.05, 4.69) is 15.2 Å². The Balaban J connectivity index is 2.30. The summed E-state index contributed by atoms with van der Waals surface area (Å²) >= 11 is 0. The van der Waals surface area contributed by atoms with Gasteiger partial charge in [-0.15, -0.1) is 10.2 Å². The molecule has 0 atom stereocenters. The summed E-state index contributed by atoms with van der Waals surface area (Å²) in [6.45, 7) is 3.82. The number of aryl methyl sites for hydroxylation is 1. The molecule has 0 unspecified atom stereocenters. The topological polar surface area (TPSA) is 80.5 Å². The fraction of sp³-hybridized carbons (Fsp3) is 0.562. The van der Waals surface area contributed by atoms with Crippen LogP contribution in [0.25, 0.3) is 11.5 Å². The number of rotatable bonds is 10. The molecule has 2 rings (SSSR count). The predicted octanol–water partition coefficient (Wildman–Crippen LogP) is 1.51. The minimum Gasteiger partial charge on any atom is -0.475 e. The van der Waals surface area contributed by atoms with Gasteiger partial charge in [-0.3, -0.25) is 0 Å². The van der Waals surface area contributed by atoms with Crippen LogP contribution >= 0.6 is 0 Å². The Hall–Kier alpha value is -2.03. The first-order valence-electron chi connectivity index (χ1n) is 7.69. The van der Waals surface area contributed by atoms with Crippen molar-refractivity contribution in [3.05, 3.63) is 24.0 Å². The number of aromatic nitrogens is 4. The summed E-state index contributed by atoms with van der Waals surface area (Å²) in [5.41, 5.74) is 0.683. The van der Waals surface area contributed by atoms with Crippen molar-refractivity contribution in [3.63, 3.8) is 0 Å². The van der Waals surface area contributed by atoms with E-state index in [0.717, 1.165) is 5.82 Å². The van der Waals surface area contributed by atoms with Crippen molar-refractivity contribution in [2.75, 3.05) is 47.8 Å². The van der Waals surface area contributed by atoms with Crippen molar-refractivity contribution >= 4 is 0 Å². The van der Waals surface area contributed by atoms with E-state index < -0.39 is 0 Å². The van der Waals surface area contributed by atoms with Crippen molar-refractivity contribution in [1.29, 1.82) is 0 Å². The maximum Gasteiger partial charge on any atom is 0.213 e. The van der Waals surface area contributed by atoms with Gasteiger partial charge in [0.25, 0.3) is 0 Å². The largest absolute Gasteiger partial charge is 0.475 e. The van der Waals surface area contributed by atoms with Crippen LogP contribution in [0.15, 0.2) is 18.2 Å². The van der Waals surface area contributed by atoms with Crippen molar-refractivity contribution in [1.82, 2.24) is 19.7 Å². The van der Waals surface area contributed by atoms with Gasteiger partial charge in [-0.25, -0.2) is 4.98 Å². The standard InChI is InChI=1S/C16H24N4O4/c1-12-18-19-16(20(12)13(10-22-3)11-23-4)14-6-5-7-15(17-14)24-9-8-21-2/h5-7,13H,8-11H2,1-4H3. The Morgan fingerprint density at radius 2 is 1.75 bits per heavy atom. The van der Waals surface area contributed by atoms with E-state index in [-0.39, 0.29) is 6.04 Å². The first-order valence-corrected chi connectivity index (χ1v) is 7.69. The molecule has 8 heteroatoms. The smallest absolute Gasteiger partial charge is 0.213 e. The van der Waals surface area contributed by atoms with E-state index in [1.54, 1.807) is 27.4 Å². The van der Waals surface area contributed by atoms with E-state index in [1.165, 1.54) is 0 Å². The first kappa shape index (κ1) is 18.3. The summed E-state index contributed by atoms with van der Waals surface area (Å²) in [4.78, 5) is 4.51. The third-order valence-corrected chi connectivity index (χ3v) is 3.44. The number of hydrogen-bond donors (Lipinski definition) is 0. The summed E-state index contributed by atoms with van der Waals surface area (Å²) in [7, 11) is 4.94. The van der Waals surface area contributed by atoms with Crippen LogP contribution in [-0.4, -0.2) is 67.5 Å². The highest BCUT2D eigenvalue weighted by Gasteiger charge is 2.21. The second kappa shape index (κ2) is 9.31. The summed E-state index contributed by atoms with van der Waals surface area (Å²) in [6, 6.07) is 5.51. The van der Waals surface area contributed by atoms with E-state index in [0.29, 0.717) is 43.8 Å². The molecule has 0 aromatic carbocycles. The predicted molar refractivity (Wildman–Crippen MR) is 88.2 cm³/mol.